The minimum atomic E-state index is 0.275. The number of para-hydroxylation sites is 2. The van der Waals surface area contributed by atoms with Crippen molar-refractivity contribution in [2.24, 2.45) is 0 Å². The molecule has 2 N–H and O–H groups in total. The van der Waals surface area contributed by atoms with Crippen LogP contribution in [0.15, 0.2) is 146 Å². The molecule has 0 fully saturated rings. The quantitative estimate of drug-likeness (QED) is 0.128. The summed E-state index contributed by atoms with van der Waals surface area (Å²) in [5, 5.41) is 15.6. The van der Waals surface area contributed by atoms with Gasteiger partial charge in [-0.25, -0.2) is 0 Å². The lowest BCUT2D eigenvalue weighted by atomic mass is 9.72. The van der Waals surface area contributed by atoms with Gasteiger partial charge in [0, 0.05) is 46.2 Å². The highest BCUT2D eigenvalue weighted by Gasteiger charge is 2.33. The summed E-state index contributed by atoms with van der Waals surface area (Å²) in [6, 6.07) is 44.6. The molecule has 2 heterocycles. The Bertz CT molecular complexity index is 2780. The van der Waals surface area contributed by atoms with Gasteiger partial charge in [0.15, 0.2) is 0 Å². The van der Waals surface area contributed by atoms with Gasteiger partial charge in [-0.3, -0.25) is 0 Å². The number of hydrogen-bond donors (Lipinski definition) is 2. The van der Waals surface area contributed by atoms with Gasteiger partial charge in [-0.2, -0.15) is 0 Å². The molecular weight excluding hydrogens is 633 g/mol. The van der Waals surface area contributed by atoms with Crippen LogP contribution in [-0.4, -0.2) is 22.4 Å². The fourth-order valence-electron chi connectivity index (χ4n) is 8.50. The largest absolute Gasteiger partial charge is 0.394 e. The molecule has 2 atom stereocenters. The SMILES string of the molecule is C=C(/C=C\C=N)c1ccc2c(c1)c1ccc3c(c1n2-c1ccccc1)C(C)C(C)c1cc2c4cc(/C=C/NC)ccc4n(-c4ccccc4)c2cc1-3. The van der Waals surface area contributed by atoms with Crippen molar-refractivity contribution in [2.75, 3.05) is 7.05 Å². The molecule has 0 aliphatic heterocycles. The topological polar surface area (TPSA) is 45.7 Å². The van der Waals surface area contributed by atoms with Gasteiger partial charge < -0.3 is 19.9 Å². The standard InChI is InChI=1S/C48H40N4/c1-30(12-11-24-49)34-18-22-45-42(27-34)38-20-19-37-40-29-46-43(28-39(40)31(2)32(3)47(37)48(38)52(45)36-15-9-6-10-16-36)41-26-33(23-25-50-4)17-21-44(41)51(46)35-13-7-5-8-14-35/h5-29,31-32,49-50H,1H2,2-4H3/b12-11-,25-23+,49-24?. The summed E-state index contributed by atoms with van der Waals surface area (Å²) < 4.78 is 4.90. The van der Waals surface area contributed by atoms with Crippen molar-refractivity contribution in [1.82, 2.24) is 14.5 Å². The van der Waals surface area contributed by atoms with Crippen LogP contribution in [0.25, 0.3) is 77.8 Å². The lowest BCUT2D eigenvalue weighted by Crippen LogP contribution is -2.15. The maximum Gasteiger partial charge on any atom is 0.0582 e. The van der Waals surface area contributed by atoms with E-state index in [2.05, 4.69) is 162 Å². The average Bonchev–Trinajstić information content (AvgIpc) is 3.69. The van der Waals surface area contributed by atoms with Gasteiger partial charge in [-0.1, -0.05) is 87.2 Å². The van der Waals surface area contributed by atoms with E-state index in [0.717, 1.165) is 22.5 Å². The Morgan fingerprint density at radius 1 is 0.673 bits per heavy atom. The van der Waals surface area contributed by atoms with E-state index in [1.807, 2.05) is 19.3 Å². The van der Waals surface area contributed by atoms with Crippen LogP contribution in [0.3, 0.4) is 0 Å². The molecule has 4 heteroatoms. The van der Waals surface area contributed by atoms with Gasteiger partial charge in [-0.05, 0) is 130 Å². The third-order valence-corrected chi connectivity index (χ3v) is 11.2. The Morgan fingerprint density at radius 3 is 2.08 bits per heavy atom. The molecule has 1 aliphatic rings. The van der Waals surface area contributed by atoms with Crippen LogP contribution < -0.4 is 5.32 Å². The number of benzene rings is 6. The van der Waals surface area contributed by atoms with E-state index in [9.17, 15) is 0 Å². The van der Waals surface area contributed by atoms with Gasteiger partial charge in [0.2, 0.25) is 0 Å². The second-order valence-corrected chi connectivity index (χ2v) is 14.0. The lowest BCUT2D eigenvalue weighted by molar-refractivity contribution is 0.619. The molecule has 0 radical (unpaired) electrons. The van der Waals surface area contributed by atoms with E-state index in [0.29, 0.717) is 5.92 Å². The van der Waals surface area contributed by atoms with Crippen LogP contribution >= 0.6 is 0 Å². The van der Waals surface area contributed by atoms with Gasteiger partial charge in [0.1, 0.15) is 0 Å². The van der Waals surface area contributed by atoms with Gasteiger partial charge in [-0.15, -0.1) is 0 Å². The van der Waals surface area contributed by atoms with E-state index >= 15 is 0 Å². The molecule has 4 nitrogen and oxygen atoms in total. The zero-order valence-corrected chi connectivity index (χ0v) is 29.7. The van der Waals surface area contributed by atoms with E-state index in [1.54, 1.807) is 6.08 Å². The third-order valence-electron chi connectivity index (χ3n) is 11.2. The summed E-state index contributed by atoms with van der Waals surface area (Å²) in [4.78, 5) is 0. The van der Waals surface area contributed by atoms with Crippen LogP contribution in [0.5, 0.6) is 0 Å². The predicted molar refractivity (Wildman–Crippen MR) is 222 cm³/mol. The second kappa shape index (κ2) is 12.4. The molecule has 52 heavy (non-hydrogen) atoms. The summed E-state index contributed by atoms with van der Waals surface area (Å²) in [6.45, 7) is 9.13. The molecule has 1 aliphatic carbocycles. The lowest BCUT2D eigenvalue weighted by Gasteiger charge is -2.33. The molecule has 9 rings (SSSR count). The van der Waals surface area contributed by atoms with E-state index in [-0.39, 0.29) is 5.92 Å². The minimum absolute atomic E-state index is 0.275. The van der Waals surface area contributed by atoms with Crippen LogP contribution in [-0.2, 0) is 0 Å². The predicted octanol–water partition coefficient (Wildman–Crippen LogP) is 12.2. The molecule has 0 saturated carbocycles. The number of aromatic nitrogens is 2. The van der Waals surface area contributed by atoms with Crippen molar-refractivity contribution in [3.05, 3.63) is 169 Å². The Labute approximate surface area is 304 Å². The first-order valence-corrected chi connectivity index (χ1v) is 18.0. The summed E-state index contributed by atoms with van der Waals surface area (Å²) in [5.74, 6) is 0.570. The number of nitrogens with zero attached hydrogens (tertiary/aromatic N) is 2. The first kappa shape index (κ1) is 31.6. The van der Waals surface area contributed by atoms with Crippen LogP contribution in [0.4, 0.5) is 0 Å². The average molecular weight is 673 g/mol. The Balaban J connectivity index is 1.36. The normalized spacial score (nSPS) is 15.6. The summed E-state index contributed by atoms with van der Waals surface area (Å²) in [5.41, 5.74) is 15.7. The van der Waals surface area contributed by atoms with Crippen molar-refractivity contribution in [2.45, 2.75) is 25.7 Å². The molecule has 8 aromatic rings. The first-order chi connectivity index (χ1) is 25.5. The molecular formula is C48H40N4. The molecule has 2 unspecified atom stereocenters. The van der Waals surface area contributed by atoms with Gasteiger partial charge >= 0.3 is 0 Å². The first-order valence-electron chi connectivity index (χ1n) is 18.0. The molecule has 2 aromatic heterocycles. The van der Waals surface area contributed by atoms with Crippen LogP contribution in [0, 0.1) is 5.41 Å². The molecule has 0 bridgehead atoms. The van der Waals surface area contributed by atoms with Crippen molar-refractivity contribution in [3.8, 4) is 22.5 Å². The monoisotopic (exact) mass is 672 g/mol. The highest BCUT2D eigenvalue weighted by atomic mass is 15.0. The number of fused-ring (bicyclic) bond motifs is 10. The maximum absolute atomic E-state index is 7.47. The molecule has 0 spiro atoms. The van der Waals surface area contributed by atoms with Crippen molar-refractivity contribution in [3.63, 3.8) is 0 Å². The second-order valence-electron chi connectivity index (χ2n) is 14.0. The maximum atomic E-state index is 7.47. The van der Waals surface area contributed by atoms with Gasteiger partial charge in [0.25, 0.3) is 0 Å². The molecule has 6 aromatic carbocycles. The van der Waals surface area contributed by atoms with Crippen LogP contribution in [0.1, 0.15) is 47.9 Å². The highest BCUT2D eigenvalue weighted by Crippen LogP contribution is 2.52. The smallest absolute Gasteiger partial charge is 0.0582 e. The number of rotatable bonds is 7. The van der Waals surface area contributed by atoms with Crippen molar-refractivity contribution >= 4 is 61.5 Å². The number of hydrogen-bond acceptors (Lipinski definition) is 2. The Hall–Kier alpha value is -6.39. The Morgan fingerprint density at radius 2 is 1.35 bits per heavy atom. The molecule has 0 saturated heterocycles. The summed E-state index contributed by atoms with van der Waals surface area (Å²) in [7, 11) is 1.93. The fourth-order valence-corrected chi connectivity index (χ4v) is 8.50. The van der Waals surface area contributed by atoms with Crippen LogP contribution in [0.2, 0.25) is 0 Å². The number of allylic oxidation sites excluding steroid dienone is 3. The van der Waals surface area contributed by atoms with Gasteiger partial charge in [0.05, 0.1) is 22.1 Å². The Kier molecular flexibility index (Phi) is 7.55. The zero-order chi connectivity index (χ0) is 35.5. The molecule has 0 amide bonds. The van der Waals surface area contributed by atoms with Crippen molar-refractivity contribution < 1.29 is 0 Å². The van der Waals surface area contributed by atoms with Crippen molar-refractivity contribution in [1.29, 1.82) is 5.41 Å². The zero-order valence-electron chi connectivity index (χ0n) is 29.7. The van der Waals surface area contributed by atoms with E-state index in [1.165, 1.54) is 77.6 Å². The van der Waals surface area contributed by atoms with E-state index < -0.39 is 0 Å². The fraction of sp³-hybridized carbons (Fsp3) is 0.104. The third kappa shape index (κ3) is 4.79. The summed E-state index contributed by atoms with van der Waals surface area (Å²) in [6.07, 6.45) is 9.05. The minimum Gasteiger partial charge on any atom is -0.394 e. The number of nitrogens with one attached hydrogen (secondary N) is 2. The highest BCUT2D eigenvalue weighted by molar-refractivity contribution is 6.15. The van der Waals surface area contributed by atoms with E-state index in [4.69, 9.17) is 5.41 Å². The molecule has 252 valence electrons. The summed E-state index contributed by atoms with van der Waals surface area (Å²) >= 11 is 0.